The van der Waals surface area contributed by atoms with E-state index in [2.05, 4.69) is 0 Å². The van der Waals surface area contributed by atoms with Crippen molar-refractivity contribution in [3.8, 4) is 33.8 Å². The lowest BCUT2D eigenvalue weighted by molar-refractivity contribution is 0.0535. The average Bonchev–Trinajstić information content (AvgIpc) is 3.41. The summed E-state index contributed by atoms with van der Waals surface area (Å²) in [7, 11) is 1.60. The van der Waals surface area contributed by atoms with E-state index >= 15 is 4.39 Å². The van der Waals surface area contributed by atoms with Crippen LogP contribution < -0.4 is 4.74 Å². The van der Waals surface area contributed by atoms with E-state index in [9.17, 15) is 9.59 Å². The van der Waals surface area contributed by atoms with Crippen LogP contribution in [0.1, 0.15) is 26.4 Å². The molecule has 0 unspecified atom stereocenters. The monoisotopic (exact) mass is 573 g/mol. The van der Waals surface area contributed by atoms with Gasteiger partial charge in [0.05, 0.1) is 24.1 Å². The molecule has 4 aromatic carbocycles. The first-order valence-electron chi connectivity index (χ1n) is 14.3. The van der Waals surface area contributed by atoms with Gasteiger partial charge in [-0.25, -0.2) is 4.39 Å². The standard InChI is InChI=1S/C36H32FN3O3/c1-25-31(24-34(28-16-18-30(43-2)19-17-28)40(25)33-11-7-6-10-32(33)37)36(42)39-22-20-38(21-23-39)35(41)29-14-12-27(13-15-29)26-8-4-3-5-9-26/h3-19,24H,20-23H2,1-2H3. The van der Waals surface area contributed by atoms with Crippen LogP contribution in [0.5, 0.6) is 5.75 Å². The number of carbonyl (C=O) groups is 2. The number of methoxy groups -OCH3 is 1. The molecule has 1 aliphatic rings. The number of halogens is 1. The van der Waals surface area contributed by atoms with Crippen molar-refractivity contribution in [2.24, 2.45) is 0 Å². The van der Waals surface area contributed by atoms with E-state index in [1.807, 2.05) is 91.9 Å². The van der Waals surface area contributed by atoms with Crippen molar-refractivity contribution in [1.82, 2.24) is 14.4 Å². The highest BCUT2D eigenvalue weighted by molar-refractivity contribution is 5.98. The molecule has 216 valence electrons. The number of hydrogen-bond donors (Lipinski definition) is 0. The van der Waals surface area contributed by atoms with Crippen molar-refractivity contribution in [2.45, 2.75) is 6.92 Å². The predicted molar refractivity (Wildman–Crippen MR) is 166 cm³/mol. The zero-order valence-corrected chi connectivity index (χ0v) is 24.2. The fourth-order valence-electron chi connectivity index (χ4n) is 5.64. The molecule has 2 heterocycles. The Morgan fingerprint density at radius 2 is 1.23 bits per heavy atom. The molecule has 0 radical (unpaired) electrons. The predicted octanol–water partition coefficient (Wildman–Crippen LogP) is 6.87. The van der Waals surface area contributed by atoms with Gasteiger partial charge in [-0.15, -0.1) is 0 Å². The molecular formula is C36H32FN3O3. The molecule has 6 rings (SSSR count). The summed E-state index contributed by atoms with van der Waals surface area (Å²) in [6.07, 6.45) is 0. The lowest BCUT2D eigenvalue weighted by Gasteiger charge is -2.35. The van der Waals surface area contributed by atoms with Crippen LogP contribution in [0.4, 0.5) is 4.39 Å². The number of aromatic nitrogens is 1. The van der Waals surface area contributed by atoms with Crippen LogP contribution >= 0.6 is 0 Å². The molecule has 0 bridgehead atoms. The molecule has 0 N–H and O–H groups in total. The summed E-state index contributed by atoms with van der Waals surface area (Å²) in [5.41, 5.74) is 5.85. The van der Waals surface area contributed by atoms with Crippen LogP contribution in [0, 0.1) is 12.7 Å². The van der Waals surface area contributed by atoms with Crippen LogP contribution in [0.25, 0.3) is 28.1 Å². The fraction of sp³-hybridized carbons (Fsp3) is 0.167. The van der Waals surface area contributed by atoms with Crippen LogP contribution in [-0.4, -0.2) is 59.5 Å². The van der Waals surface area contributed by atoms with Crippen LogP contribution in [-0.2, 0) is 0 Å². The minimum absolute atomic E-state index is 0.0459. The molecule has 1 fully saturated rings. The third-order valence-electron chi connectivity index (χ3n) is 8.05. The number of carbonyl (C=O) groups excluding carboxylic acids is 2. The molecule has 5 aromatic rings. The van der Waals surface area contributed by atoms with Gasteiger partial charge in [-0.05, 0) is 78.2 Å². The zero-order valence-electron chi connectivity index (χ0n) is 24.2. The molecule has 7 heteroatoms. The van der Waals surface area contributed by atoms with Gasteiger partial charge in [-0.2, -0.15) is 0 Å². The highest BCUT2D eigenvalue weighted by atomic mass is 19.1. The van der Waals surface area contributed by atoms with Gasteiger partial charge in [0.2, 0.25) is 0 Å². The highest BCUT2D eigenvalue weighted by Crippen LogP contribution is 2.32. The van der Waals surface area contributed by atoms with Crippen molar-refractivity contribution < 1.29 is 18.7 Å². The van der Waals surface area contributed by atoms with E-state index in [1.165, 1.54) is 6.07 Å². The Labute approximate surface area is 250 Å². The summed E-state index contributed by atoms with van der Waals surface area (Å²) in [6.45, 7) is 3.53. The first-order chi connectivity index (χ1) is 20.9. The first kappa shape index (κ1) is 28.0. The number of ether oxygens (including phenoxy) is 1. The van der Waals surface area contributed by atoms with Gasteiger partial charge in [0, 0.05) is 37.4 Å². The largest absolute Gasteiger partial charge is 0.497 e. The minimum atomic E-state index is -0.376. The second-order valence-electron chi connectivity index (χ2n) is 10.6. The minimum Gasteiger partial charge on any atom is -0.497 e. The van der Waals surface area contributed by atoms with Gasteiger partial charge >= 0.3 is 0 Å². The topological polar surface area (TPSA) is 54.8 Å². The summed E-state index contributed by atoms with van der Waals surface area (Å²) >= 11 is 0. The number of hydrogen-bond acceptors (Lipinski definition) is 3. The molecule has 0 saturated carbocycles. The molecule has 1 aromatic heterocycles. The third kappa shape index (κ3) is 5.54. The Kier molecular flexibility index (Phi) is 7.79. The van der Waals surface area contributed by atoms with E-state index in [4.69, 9.17) is 4.74 Å². The summed E-state index contributed by atoms with van der Waals surface area (Å²) in [5.74, 6) is 0.149. The highest BCUT2D eigenvalue weighted by Gasteiger charge is 2.29. The summed E-state index contributed by atoms with van der Waals surface area (Å²) in [6, 6.07) is 33.6. The average molecular weight is 574 g/mol. The van der Waals surface area contributed by atoms with Gasteiger partial charge in [0.1, 0.15) is 11.6 Å². The quantitative estimate of drug-likeness (QED) is 0.223. The number of benzene rings is 4. The Morgan fingerprint density at radius 1 is 0.674 bits per heavy atom. The Morgan fingerprint density at radius 3 is 1.86 bits per heavy atom. The maximum atomic E-state index is 15.0. The molecule has 43 heavy (non-hydrogen) atoms. The van der Waals surface area contributed by atoms with E-state index in [0.29, 0.717) is 60.1 Å². The smallest absolute Gasteiger partial charge is 0.255 e. The van der Waals surface area contributed by atoms with Crippen LogP contribution in [0.2, 0.25) is 0 Å². The Hall–Kier alpha value is -5.17. The molecule has 1 aliphatic heterocycles. The molecule has 6 nitrogen and oxygen atoms in total. The molecule has 1 saturated heterocycles. The van der Waals surface area contributed by atoms with Gasteiger partial charge in [0.15, 0.2) is 0 Å². The number of amides is 2. The molecule has 0 aliphatic carbocycles. The van der Waals surface area contributed by atoms with E-state index in [1.54, 1.807) is 39.7 Å². The molecule has 0 spiro atoms. The van der Waals surface area contributed by atoms with Gasteiger partial charge in [-0.1, -0.05) is 54.6 Å². The van der Waals surface area contributed by atoms with Crippen molar-refractivity contribution in [3.05, 3.63) is 132 Å². The molecule has 2 amide bonds. The number of nitrogens with zero attached hydrogens (tertiary/aromatic N) is 3. The summed E-state index contributed by atoms with van der Waals surface area (Å²) < 4.78 is 22.1. The summed E-state index contributed by atoms with van der Waals surface area (Å²) in [5, 5.41) is 0. The van der Waals surface area contributed by atoms with Gasteiger partial charge in [0.25, 0.3) is 11.8 Å². The Bertz CT molecular complexity index is 1750. The molecular weight excluding hydrogens is 541 g/mol. The van der Waals surface area contributed by atoms with Crippen LogP contribution in [0.3, 0.4) is 0 Å². The van der Waals surface area contributed by atoms with E-state index in [-0.39, 0.29) is 17.6 Å². The van der Waals surface area contributed by atoms with Crippen molar-refractivity contribution in [2.75, 3.05) is 33.3 Å². The van der Waals surface area contributed by atoms with Crippen LogP contribution in [0.15, 0.2) is 109 Å². The number of rotatable bonds is 6. The number of piperazine rings is 1. The maximum Gasteiger partial charge on any atom is 0.255 e. The molecule has 0 atom stereocenters. The van der Waals surface area contributed by atoms with Gasteiger partial charge in [-0.3, -0.25) is 9.59 Å². The van der Waals surface area contributed by atoms with Crippen molar-refractivity contribution >= 4 is 11.8 Å². The zero-order chi connectivity index (χ0) is 29.9. The van der Waals surface area contributed by atoms with Crippen molar-refractivity contribution in [1.29, 1.82) is 0 Å². The van der Waals surface area contributed by atoms with Crippen molar-refractivity contribution in [3.63, 3.8) is 0 Å². The third-order valence-corrected chi connectivity index (χ3v) is 8.05. The lowest BCUT2D eigenvalue weighted by Crippen LogP contribution is -2.50. The van der Waals surface area contributed by atoms with E-state index in [0.717, 1.165) is 16.7 Å². The summed E-state index contributed by atoms with van der Waals surface area (Å²) in [4.78, 5) is 30.7. The normalized spacial score (nSPS) is 13.2. The SMILES string of the molecule is COc1ccc(-c2cc(C(=O)N3CCN(C(=O)c4ccc(-c5ccccc5)cc4)CC3)c(C)n2-c2ccccc2F)cc1. The second kappa shape index (κ2) is 12.0. The first-order valence-corrected chi connectivity index (χ1v) is 14.3. The van der Waals surface area contributed by atoms with Gasteiger partial charge < -0.3 is 19.1 Å². The number of para-hydroxylation sites is 1. The second-order valence-corrected chi connectivity index (χ2v) is 10.6. The lowest BCUT2D eigenvalue weighted by atomic mass is 10.0. The van der Waals surface area contributed by atoms with E-state index < -0.39 is 0 Å². The Balaban J connectivity index is 1.21. The maximum absolute atomic E-state index is 15.0. The fourth-order valence-corrected chi connectivity index (χ4v) is 5.64.